The van der Waals surface area contributed by atoms with Crippen molar-refractivity contribution >= 4 is 12.1 Å². The zero-order chi connectivity index (χ0) is 9.90. The maximum absolute atomic E-state index is 10.9. The Bertz CT molecular complexity index is 289. The summed E-state index contributed by atoms with van der Waals surface area (Å²) in [5.74, 6) is -0.0373. The Morgan fingerprint density at radius 3 is 2.85 bits per heavy atom. The molecular weight excluding hydrogens is 168 g/mol. The third-order valence-corrected chi connectivity index (χ3v) is 2.16. The van der Waals surface area contributed by atoms with E-state index in [0.29, 0.717) is 6.29 Å². The molecule has 0 aromatic heterocycles. The van der Waals surface area contributed by atoms with Crippen LogP contribution in [0.5, 0.6) is 0 Å². The summed E-state index contributed by atoms with van der Waals surface area (Å²) in [4.78, 5) is 21.1. The van der Waals surface area contributed by atoms with Crippen molar-refractivity contribution in [3.63, 3.8) is 0 Å². The van der Waals surface area contributed by atoms with Crippen LogP contribution in [0, 0.1) is 0 Å². The highest BCUT2D eigenvalue weighted by atomic mass is 16.5. The molecule has 1 rings (SSSR count). The van der Waals surface area contributed by atoms with Crippen LogP contribution in [0.25, 0.3) is 0 Å². The van der Waals surface area contributed by atoms with Gasteiger partial charge in [-0.25, -0.2) is 0 Å². The molecule has 3 heteroatoms. The topological polar surface area (TPSA) is 43.4 Å². The quantitative estimate of drug-likeness (QED) is 0.609. The summed E-state index contributed by atoms with van der Waals surface area (Å²) >= 11 is 0. The lowest BCUT2D eigenvalue weighted by molar-refractivity contribution is -0.114. The third-order valence-electron chi connectivity index (χ3n) is 2.16. The largest absolute Gasteiger partial charge is 0.359 e. The Hall–Kier alpha value is -1.22. The van der Waals surface area contributed by atoms with Crippen LogP contribution in [-0.2, 0) is 14.3 Å². The molecule has 1 unspecified atom stereocenters. The minimum absolute atomic E-state index is 0.0373. The number of allylic oxidation sites excluding steroid dienone is 2. The van der Waals surface area contributed by atoms with E-state index < -0.39 is 5.60 Å². The van der Waals surface area contributed by atoms with Gasteiger partial charge in [-0.1, -0.05) is 0 Å². The minimum Gasteiger partial charge on any atom is -0.359 e. The normalized spacial score (nSPS) is 27.2. The van der Waals surface area contributed by atoms with Gasteiger partial charge in [-0.15, -0.1) is 0 Å². The lowest BCUT2D eigenvalue weighted by atomic mass is 9.91. The van der Waals surface area contributed by atoms with E-state index in [1.165, 1.54) is 12.2 Å². The molecule has 1 atom stereocenters. The van der Waals surface area contributed by atoms with Gasteiger partial charge in [0.25, 0.3) is 0 Å². The van der Waals surface area contributed by atoms with Gasteiger partial charge in [0.2, 0.25) is 0 Å². The molecule has 0 N–H and O–H groups in total. The fraction of sp³-hybridized carbons (Fsp3) is 0.400. The molecule has 0 radical (unpaired) electrons. The van der Waals surface area contributed by atoms with Crippen LogP contribution in [0.1, 0.15) is 13.8 Å². The zero-order valence-corrected chi connectivity index (χ0v) is 7.74. The molecule has 0 aliphatic heterocycles. The van der Waals surface area contributed by atoms with Crippen LogP contribution in [0.4, 0.5) is 0 Å². The maximum atomic E-state index is 10.9. The van der Waals surface area contributed by atoms with Gasteiger partial charge < -0.3 is 9.53 Å². The summed E-state index contributed by atoms with van der Waals surface area (Å²) in [5, 5.41) is 0. The Labute approximate surface area is 77.1 Å². The first-order valence-electron chi connectivity index (χ1n) is 4.08. The molecule has 0 aromatic carbocycles. The van der Waals surface area contributed by atoms with Crippen LogP contribution >= 0.6 is 0 Å². The molecule has 0 bridgehead atoms. The monoisotopic (exact) mass is 180 g/mol. The molecule has 1 aliphatic rings. The average molecular weight is 180 g/mol. The van der Waals surface area contributed by atoms with E-state index in [-0.39, 0.29) is 12.4 Å². The van der Waals surface area contributed by atoms with Crippen LogP contribution in [-0.4, -0.2) is 24.3 Å². The van der Waals surface area contributed by atoms with E-state index in [1.807, 2.05) is 13.8 Å². The summed E-state index contributed by atoms with van der Waals surface area (Å²) in [6.07, 6.45) is 5.35. The lowest BCUT2D eigenvalue weighted by Gasteiger charge is -2.28. The lowest BCUT2D eigenvalue weighted by Crippen LogP contribution is -2.31. The van der Waals surface area contributed by atoms with Crippen molar-refractivity contribution in [3.05, 3.63) is 23.8 Å². The Morgan fingerprint density at radius 2 is 2.31 bits per heavy atom. The fourth-order valence-corrected chi connectivity index (χ4v) is 1.15. The van der Waals surface area contributed by atoms with Crippen molar-refractivity contribution in [2.75, 3.05) is 6.61 Å². The molecule has 70 valence electrons. The van der Waals surface area contributed by atoms with E-state index in [9.17, 15) is 9.59 Å². The molecule has 0 saturated carbocycles. The number of aldehydes is 1. The molecule has 13 heavy (non-hydrogen) atoms. The minimum atomic E-state index is -0.602. The van der Waals surface area contributed by atoms with E-state index in [2.05, 4.69) is 0 Å². The van der Waals surface area contributed by atoms with Crippen LogP contribution in [0.2, 0.25) is 0 Å². The Balaban J connectivity index is 2.79. The molecule has 0 saturated heterocycles. The van der Waals surface area contributed by atoms with Crippen molar-refractivity contribution < 1.29 is 14.3 Å². The van der Waals surface area contributed by atoms with Crippen LogP contribution in [0.3, 0.4) is 0 Å². The number of rotatable bonds is 3. The number of ketones is 1. The molecule has 1 aliphatic carbocycles. The SMILES string of the molecule is CC1=CC(=O)C=CC1(C)OCC=O. The Morgan fingerprint density at radius 1 is 1.62 bits per heavy atom. The van der Waals surface area contributed by atoms with Gasteiger partial charge >= 0.3 is 0 Å². The second-order valence-electron chi connectivity index (χ2n) is 3.15. The van der Waals surface area contributed by atoms with Crippen LogP contribution < -0.4 is 0 Å². The highest BCUT2D eigenvalue weighted by molar-refractivity contribution is 6.01. The number of hydrogen-bond acceptors (Lipinski definition) is 3. The van der Waals surface area contributed by atoms with Crippen molar-refractivity contribution in [3.8, 4) is 0 Å². The Kier molecular flexibility index (Phi) is 2.78. The van der Waals surface area contributed by atoms with Gasteiger partial charge in [0.1, 0.15) is 18.5 Å². The van der Waals surface area contributed by atoms with E-state index in [4.69, 9.17) is 4.74 Å². The number of hydrogen-bond donors (Lipinski definition) is 0. The smallest absolute Gasteiger partial charge is 0.178 e. The second-order valence-corrected chi connectivity index (χ2v) is 3.15. The number of carbonyl (C=O) groups excluding carboxylic acids is 2. The average Bonchev–Trinajstić information content (AvgIpc) is 2.09. The van der Waals surface area contributed by atoms with Gasteiger partial charge in [-0.3, -0.25) is 4.79 Å². The van der Waals surface area contributed by atoms with Gasteiger partial charge in [-0.2, -0.15) is 0 Å². The van der Waals surface area contributed by atoms with E-state index in [1.54, 1.807) is 6.08 Å². The predicted octanol–water partition coefficient (Wildman–Crippen LogP) is 1.05. The van der Waals surface area contributed by atoms with Gasteiger partial charge in [0, 0.05) is 0 Å². The van der Waals surface area contributed by atoms with Gasteiger partial charge in [0.05, 0.1) is 0 Å². The molecule has 0 spiro atoms. The third kappa shape index (κ3) is 2.12. The number of carbonyl (C=O) groups is 2. The van der Waals surface area contributed by atoms with Gasteiger partial charge in [0.15, 0.2) is 5.78 Å². The van der Waals surface area contributed by atoms with Gasteiger partial charge in [-0.05, 0) is 37.6 Å². The van der Waals surface area contributed by atoms with Crippen molar-refractivity contribution in [2.24, 2.45) is 0 Å². The van der Waals surface area contributed by atoms with Crippen LogP contribution in [0.15, 0.2) is 23.8 Å². The molecular formula is C10H12O3. The molecule has 0 heterocycles. The molecule has 3 nitrogen and oxygen atoms in total. The summed E-state index contributed by atoms with van der Waals surface area (Å²) in [5.41, 5.74) is 0.219. The summed E-state index contributed by atoms with van der Waals surface area (Å²) in [6, 6.07) is 0. The first-order chi connectivity index (χ1) is 6.08. The van der Waals surface area contributed by atoms with E-state index >= 15 is 0 Å². The van der Waals surface area contributed by atoms with Crippen molar-refractivity contribution in [1.82, 2.24) is 0 Å². The summed E-state index contributed by atoms with van der Waals surface area (Å²) in [7, 11) is 0. The highest BCUT2D eigenvalue weighted by Gasteiger charge is 2.27. The van der Waals surface area contributed by atoms with Crippen molar-refractivity contribution in [2.45, 2.75) is 19.4 Å². The summed E-state index contributed by atoms with van der Waals surface area (Å²) < 4.78 is 5.30. The molecule has 0 amide bonds. The first-order valence-corrected chi connectivity index (χ1v) is 4.08. The summed E-state index contributed by atoms with van der Waals surface area (Å²) in [6.45, 7) is 3.68. The zero-order valence-electron chi connectivity index (χ0n) is 7.74. The second kappa shape index (κ2) is 3.66. The standard InChI is InChI=1S/C10H12O3/c1-8-7-9(12)3-4-10(8,2)13-6-5-11/h3-5,7H,6H2,1-2H3. The first kappa shape index (κ1) is 9.86. The fourth-order valence-electron chi connectivity index (χ4n) is 1.15. The number of ether oxygens (including phenoxy) is 1. The highest BCUT2D eigenvalue weighted by Crippen LogP contribution is 2.25. The molecule has 0 fully saturated rings. The molecule has 0 aromatic rings. The van der Waals surface area contributed by atoms with Crippen molar-refractivity contribution in [1.29, 1.82) is 0 Å². The predicted molar refractivity (Wildman–Crippen MR) is 48.3 cm³/mol. The maximum Gasteiger partial charge on any atom is 0.178 e. The van der Waals surface area contributed by atoms with E-state index in [0.717, 1.165) is 5.57 Å².